The van der Waals surface area contributed by atoms with Gasteiger partial charge in [-0.2, -0.15) is 0 Å². The number of amidine groups is 1. The molecule has 0 aliphatic carbocycles. The molecular formula is C13H14N4O4. The van der Waals surface area contributed by atoms with E-state index in [-0.39, 0.29) is 24.6 Å². The minimum absolute atomic E-state index is 0.0628. The van der Waals surface area contributed by atoms with E-state index in [9.17, 15) is 14.4 Å². The number of nitrogens with one attached hydrogen (secondary N) is 2. The zero-order chi connectivity index (χ0) is 15.4. The molecule has 1 aliphatic rings. The maximum Gasteiger partial charge on any atom is 0.251 e. The van der Waals surface area contributed by atoms with E-state index in [4.69, 9.17) is 10.9 Å². The number of hydrogen-bond acceptors (Lipinski definition) is 5. The summed E-state index contributed by atoms with van der Waals surface area (Å²) in [5.41, 5.74) is 6.21. The monoisotopic (exact) mass is 290 g/mol. The van der Waals surface area contributed by atoms with E-state index < -0.39 is 17.9 Å². The van der Waals surface area contributed by atoms with Crippen molar-refractivity contribution in [1.29, 1.82) is 0 Å². The van der Waals surface area contributed by atoms with Crippen LogP contribution in [0.25, 0.3) is 0 Å². The van der Waals surface area contributed by atoms with Crippen LogP contribution in [0.1, 0.15) is 28.8 Å². The van der Waals surface area contributed by atoms with Crippen molar-refractivity contribution >= 4 is 23.6 Å². The fraction of sp³-hybridized carbons (Fsp3) is 0.231. The fourth-order valence-electron chi connectivity index (χ4n) is 1.92. The molecule has 1 aromatic rings. The van der Waals surface area contributed by atoms with Crippen LogP contribution in [0.4, 0.5) is 0 Å². The maximum absolute atomic E-state index is 12.0. The first-order valence-corrected chi connectivity index (χ1v) is 6.24. The summed E-state index contributed by atoms with van der Waals surface area (Å²) in [5, 5.41) is 16.1. The smallest absolute Gasteiger partial charge is 0.251 e. The number of nitrogens with two attached hydrogens (primary N) is 1. The summed E-state index contributed by atoms with van der Waals surface area (Å²) in [6, 6.07) is 5.31. The highest BCUT2D eigenvalue weighted by Gasteiger charge is 2.27. The number of hydrogen-bond donors (Lipinski definition) is 4. The molecule has 8 heteroatoms. The molecule has 8 nitrogen and oxygen atoms in total. The third-order valence-electron chi connectivity index (χ3n) is 3.10. The standard InChI is InChI=1S/C13H14N4O4/c14-11(17-21)7-1-3-8(4-2-7)12(19)15-9-5-6-10(18)16-13(9)20/h1-4,9,21H,5-6H2,(H2,14,17)(H,15,19)(H,16,18,20). The van der Waals surface area contributed by atoms with Gasteiger partial charge in [0.25, 0.3) is 5.91 Å². The van der Waals surface area contributed by atoms with E-state index in [0.717, 1.165) is 0 Å². The van der Waals surface area contributed by atoms with Crippen molar-refractivity contribution in [2.75, 3.05) is 0 Å². The minimum Gasteiger partial charge on any atom is -0.409 e. The highest BCUT2D eigenvalue weighted by Crippen LogP contribution is 2.08. The predicted octanol–water partition coefficient (Wildman–Crippen LogP) is -0.684. The van der Waals surface area contributed by atoms with Gasteiger partial charge < -0.3 is 16.3 Å². The minimum atomic E-state index is -0.723. The van der Waals surface area contributed by atoms with Crippen LogP contribution >= 0.6 is 0 Å². The van der Waals surface area contributed by atoms with Crippen LogP contribution in [0.15, 0.2) is 29.4 Å². The van der Waals surface area contributed by atoms with Gasteiger partial charge in [-0.15, -0.1) is 0 Å². The van der Waals surface area contributed by atoms with Gasteiger partial charge in [-0.05, 0) is 18.6 Å². The molecule has 2 rings (SSSR count). The molecule has 1 aromatic carbocycles. The summed E-state index contributed by atoms with van der Waals surface area (Å²) < 4.78 is 0. The van der Waals surface area contributed by atoms with Gasteiger partial charge >= 0.3 is 0 Å². The summed E-state index contributed by atoms with van der Waals surface area (Å²) in [7, 11) is 0. The van der Waals surface area contributed by atoms with E-state index >= 15 is 0 Å². The fourth-order valence-corrected chi connectivity index (χ4v) is 1.92. The average Bonchev–Trinajstić information content (AvgIpc) is 2.49. The number of carbonyl (C=O) groups excluding carboxylic acids is 3. The molecule has 0 bridgehead atoms. The second-order valence-corrected chi connectivity index (χ2v) is 4.54. The number of piperidine rings is 1. The zero-order valence-corrected chi connectivity index (χ0v) is 11.0. The summed E-state index contributed by atoms with van der Waals surface area (Å²) in [4.78, 5) is 34.6. The lowest BCUT2D eigenvalue weighted by atomic mass is 10.0. The van der Waals surface area contributed by atoms with Gasteiger partial charge in [0.1, 0.15) is 6.04 Å². The molecule has 0 radical (unpaired) electrons. The maximum atomic E-state index is 12.0. The van der Waals surface area contributed by atoms with Crippen molar-refractivity contribution in [2.45, 2.75) is 18.9 Å². The lowest BCUT2D eigenvalue weighted by Gasteiger charge is -2.21. The van der Waals surface area contributed by atoms with Gasteiger partial charge in [-0.25, -0.2) is 0 Å². The first kappa shape index (κ1) is 14.5. The molecule has 21 heavy (non-hydrogen) atoms. The third kappa shape index (κ3) is 3.35. The second kappa shape index (κ2) is 6.04. The number of carbonyl (C=O) groups is 3. The largest absolute Gasteiger partial charge is 0.409 e. The summed E-state index contributed by atoms with van der Waals surface area (Å²) in [5.74, 6) is -1.34. The molecule has 0 spiro atoms. The molecule has 1 fully saturated rings. The highest BCUT2D eigenvalue weighted by atomic mass is 16.4. The van der Waals surface area contributed by atoms with Crippen molar-refractivity contribution in [3.05, 3.63) is 35.4 Å². The van der Waals surface area contributed by atoms with E-state index in [1.165, 1.54) is 24.3 Å². The normalized spacial score (nSPS) is 19.0. The Labute approximate surface area is 120 Å². The second-order valence-electron chi connectivity index (χ2n) is 4.54. The quantitative estimate of drug-likeness (QED) is 0.192. The van der Waals surface area contributed by atoms with Crippen molar-refractivity contribution in [1.82, 2.24) is 10.6 Å². The lowest BCUT2D eigenvalue weighted by Crippen LogP contribution is -2.52. The Bertz CT molecular complexity index is 609. The van der Waals surface area contributed by atoms with Crippen LogP contribution in [-0.4, -0.2) is 34.8 Å². The Morgan fingerprint density at radius 2 is 1.90 bits per heavy atom. The van der Waals surface area contributed by atoms with Gasteiger partial charge in [0, 0.05) is 17.5 Å². The molecule has 0 saturated carbocycles. The van der Waals surface area contributed by atoms with Gasteiger partial charge in [-0.1, -0.05) is 17.3 Å². The Balaban J connectivity index is 2.03. The number of nitrogens with zero attached hydrogens (tertiary/aromatic N) is 1. The highest BCUT2D eigenvalue weighted by molar-refractivity contribution is 6.04. The first-order chi connectivity index (χ1) is 10.0. The van der Waals surface area contributed by atoms with Gasteiger partial charge in [0.05, 0.1) is 0 Å². The van der Waals surface area contributed by atoms with Gasteiger partial charge in [-0.3, -0.25) is 19.7 Å². The molecule has 1 atom stereocenters. The Morgan fingerprint density at radius 1 is 1.29 bits per heavy atom. The predicted molar refractivity (Wildman–Crippen MR) is 72.6 cm³/mol. The SMILES string of the molecule is NC(=NO)c1ccc(C(=O)NC2CCC(=O)NC2=O)cc1. The average molecular weight is 290 g/mol. The van der Waals surface area contributed by atoms with Crippen molar-refractivity contribution in [3.8, 4) is 0 Å². The Hall–Kier alpha value is -2.90. The topological polar surface area (TPSA) is 134 Å². The molecule has 5 N–H and O–H groups in total. The van der Waals surface area contributed by atoms with E-state index in [1.807, 2.05) is 0 Å². The van der Waals surface area contributed by atoms with E-state index in [1.54, 1.807) is 0 Å². The van der Waals surface area contributed by atoms with Crippen LogP contribution in [0.3, 0.4) is 0 Å². The molecule has 3 amide bonds. The van der Waals surface area contributed by atoms with Crippen molar-refractivity contribution in [2.24, 2.45) is 10.9 Å². The molecular weight excluding hydrogens is 276 g/mol. The Morgan fingerprint density at radius 3 is 2.48 bits per heavy atom. The molecule has 1 saturated heterocycles. The van der Waals surface area contributed by atoms with Crippen LogP contribution < -0.4 is 16.4 Å². The van der Waals surface area contributed by atoms with Crippen LogP contribution in [0.2, 0.25) is 0 Å². The van der Waals surface area contributed by atoms with Crippen molar-refractivity contribution in [3.63, 3.8) is 0 Å². The van der Waals surface area contributed by atoms with Crippen molar-refractivity contribution < 1.29 is 19.6 Å². The number of rotatable bonds is 3. The van der Waals surface area contributed by atoms with E-state index in [0.29, 0.717) is 11.1 Å². The van der Waals surface area contributed by atoms with Crippen LogP contribution in [0, 0.1) is 0 Å². The lowest BCUT2D eigenvalue weighted by molar-refractivity contribution is -0.134. The molecule has 0 aromatic heterocycles. The molecule has 110 valence electrons. The molecule has 1 aliphatic heterocycles. The first-order valence-electron chi connectivity index (χ1n) is 6.24. The van der Waals surface area contributed by atoms with Gasteiger partial charge in [0.15, 0.2) is 5.84 Å². The molecule has 1 heterocycles. The summed E-state index contributed by atoms with van der Waals surface area (Å²) in [6.45, 7) is 0. The number of oxime groups is 1. The Kier molecular flexibility index (Phi) is 4.17. The third-order valence-corrected chi connectivity index (χ3v) is 3.10. The zero-order valence-electron chi connectivity index (χ0n) is 11.0. The van der Waals surface area contributed by atoms with Crippen LogP contribution in [0.5, 0.6) is 0 Å². The number of amides is 3. The summed E-state index contributed by atoms with van der Waals surface area (Å²) >= 11 is 0. The van der Waals surface area contributed by atoms with Gasteiger partial charge in [0.2, 0.25) is 11.8 Å². The summed E-state index contributed by atoms with van der Waals surface area (Å²) in [6.07, 6.45) is 0.470. The van der Waals surface area contributed by atoms with Crippen LogP contribution in [-0.2, 0) is 9.59 Å². The number of benzene rings is 1. The van der Waals surface area contributed by atoms with E-state index in [2.05, 4.69) is 15.8 Å². The molecule has 1 unspecified atom stereocenters. The number of imide groups is 1.